The number of benzene rings is 1. The Morgan fingerprint density at radius 2 is 1.82 bits per heavy atom. The fourth-order valence-electron chi connectivity index (χ4n) is 1.72. The molecule has 0 fully saturated rings. The minimum absolute atomic E-state index is 0.0435. The zero-order chi connectivity index (χ0) is 16.8. The van der Waals surface area contributed by atoms with E-state index < -0.39 is 21.5 Å². The number of nitrogens with one attached hydrogen (secondary N) is 2. The van der Waals surface area contributed by atoms with Crippen LogP contribution in [0.3, 0.4) is 0 Å². The Labute approximate surface area is 132 Å². The molecular weight excluding hydrogens is 304 g/mol. The molecule has 124 valence electrons. The zero-order valence-electron chi connectivity index (χ0n) is 13.5. The van der Waals surface area contributed by atoms with Gasteiger partial charge in [-0.15, -0.1) is 0 Å². The van der Waals surface area contributed by atoms with E-state index in [9.17, 15) is 13.2 Å². The van der Waals surface area contributed by atoms with Crippen molar-refractivity contribution in [3.05, 3.63) is 24.3 Å². The van der Waals surface area contributed by atoms with Gasteiger partial charge in [0.15, 0.2) is 9.84 Å². The highest BCUT2D eigenvalue weighted by atomic mass is 32.2. The maximum atomic E-state index is 12.0. The monoisotopic (exact) mass is 328 g/mol. The fourth-order valence-corrected chi connectivity index (χ4v) is 2.79. The van der Waals surface area contributed by atoms with Crippen molar-refractivity contribution < 1.29 is 17.9 Å². The van der Waals surface area contributed by atoms with Crippen LogP contribution < -0.4 is 10.6 Å². The van der Waals surface area contributed by atoms with Crippen molar-refractivity contribution in [1.29, 1.82) is 0 Å². The Balaban J connectivity index is 2.55. The molecule has 1 aromatic rings. The van der Waals surface area contributed by atoms with E-state index in [0.717, 1.165) is 0 Å². The molecule has 0 aliphatic carbocycles. The van der Waals surface area contributed by atoms with Gasteiger partial charge >= 0.3 is 6.09 Å². The lowest BCUT2D eigenvalue weighted by Crippen LogP contribution is -2.35. The summed E-state index contributed by atoms with van der Waals surface area (Å²) in [6, 6.07) is 6.73. The average molecular weight is 328 g/mol. The third kappa shape index (κ3) is 5.93. The Hall–Kier alpha value is -1.76. The number of rotatable bonds is 6. The summed E-state index contributed by atoms with van der Waals surface area (Å²) in [5.74, 6) is 0.0435. The van der Waals surface area contributed by atoms with E-state index >= 15 is 0 Å². The number of carbonyl (C=O) groups excluding carboxylic acids is 1. The van der Waals surface area contributed by atoms with E-state index in [-0.39, 0.29) is 10.6 Å². The topological polar surface area (TPSA) is 84.5 Å². The second-order valence-corrected chi connectivity index (χ2v) is 8.00. The molecular formula is C15H24N2O4S. The van der Waals surface area contributed by atoms with Crippen LogP contribution in [0.4, 0.5) is 10.5 Å². The summed E-state index contributed by atoms with van der Waals surface area (Å²) < 4.78 is 29.1. The van der Waals surface area contributed by atoms with Crippen LogP contribution in [-0.4, -0.2) is 39.0 Å². The minimum atomic E-state index is -3.28. The number of carbonyl (C=O) groups is 1. The molecule has 0 bridgehead atoms. The quantitative estimate of drug-likeness (QED) is 0.783. The summed E-state index contributed by atoms with van der Waals surface area (Å²) in [6.07, 6.45) is -0.497. The van der Waals surface area contributed by atoms with E-state index in [0.29, 0.717) is 18.8 Å². The van der Waals surface area contributed by atoms with Crippen molar-refractivity contribution in [2.75, 3.05) is 24.2 Å². The predicted octanol–water partition coefficient (Wildman–Crippen LogP) is 2.42. The molecule has 0 saturated heterocycles. The van der Waals surface area contributed by atoms with Gasteiger partial charge in [-0.1, -0.05) is 19.1 Å². The standard InChI is InChI=1S/C15H24N2O4S/c1-5-22(19,20)13-9-7-6-8-12(13)16-10-11-17-14(18)21-15(2,3)4/h6-9,16H,5,10-11H2,1-4H3,(H,17,18). The van der Waals surface area contributed by atoms with Gasteiger partial charge in [-0.3, -0.25) is 0 Å². The summed E-state index contributed by atoms with van der Waals surface area (Å²) in [6.45, 7) is 7.70. The molecule has 0 radical (unpaired) electrons. The lowest BCUT2D eigenvalue weighted by atomic mass is 10.2. The average Bonchev–Trinajstić information content (AvgIpc) is 2.42. The zero-order valence-corrected chi connectivity index (χ0v) is 14.3. The Kier molecular flexibility index (Phi) is 6.22. The van der Waals surface area contributed by atoms with Crippen LogP contribution in [0.15, 0.2) is 29.2 Å². The van der Waals surface area contributed by atoms with Crippen molar-refractivity contribution in [3.8, 4) is 0 Å². The van der Waals surface area contributed by atoms with E-state index in [1.54, 1.807) is 52.0 Å². The fraction of sp³-hybridized carbons (Fsp3) is 0.533. The first kappa shape index (κ1) is 18.3. The maximum Gasteiger partial charge on any atom is 0.407 e. The molecule has 1 amide bonds. The summed E-state index contributed by atoms with van der Waals surface area (Å²) in [4.78, 5) is 11.8. The van der Waals surface area contributed by atoms with Crippen LogP contribution in [0.5, 0.6) is 0 Å². The van der Waals surface area contributed by atoms with Gasteiger partial charge in [0.25, 0.3) is 0 Å². The third-order valence-electron chi connectivity index (χ3n) is 2.71. The largest absolute Gasteiger partial charge is 0.444 e. The first-order chi connectivity index (χ1) is 10.2. The summed E-state index contributed by atoms with van der Waals surface area (Å²) in [5, 5.41) is 5.63. The number of alkyl carbamates (subject to hydrolysis) is 1. The van der Waals surface area contributed by atoms with Crippen molar-refractivity contribution in [1.82, 2.24) is 5.32 Å². The van der Waals surface area contributed by atoms with Crippen molar-refractivity contribution in [3.63, 3.8) is 0 Å². The van der Waals surface area contributed by atoms with Crippen molar-refractivity contribution >= 4 is 21.6 Å². The molecule has 0 aromatic heterocycles. The van der Waals surface area contributed by atoms with Crippen LogP contribution in [-0.2, 0) is 14.6 Å². The smallest absolute Gasteiger partial charge is 0.407 e. The molecule has 2 N–H and O–H groups in total. The highest BCUT2D eigenvalue weighted by Crippen LogP contribution is 2.21. The molecule has 0 unspecified atom stereocenters. The van der Waals surface area contributed by atoms with Crippen LogP contribution in [0.1, 0.15) is 27.7 Å². The van der Waals surface area contributed by atoms with E-state index in [2.05, 4.69) is 10.6 Å². The van der Waals surface area contributed by atoms with Crippen LogP contribution >= 0.6 is 0 Å². The normalized spacial score (nSPS) is 11.8. The van der Waals surface area contributed by atoms with Gasteiger partial charge in [-0.2, -0.15) is 0 Å². The minimum Gasteiger partial charge on any atom is -0.444 e. The maximum absolute atomic E-state index is 12.0. The highest BCUT2D eigenvalue weighted by Gasteiger charge is 2.17. The predicted molar refractivity (Wildman–Crippen MR) is 86.9 cm³/mol. The number of sulfone groups is 1. The van der Waals surface area contributed by atoms with Gasteiger partial charge in [0.2, 0.25) is 0 Å². The molecule has 0 atom stereocenters. The number of hydrogen-bond donors (Lipinski definition) is 2. The van der Waals surface area contributed by atoms with Gasteiger partial charge < -0.3 is 15.4 Å². The molecule has 0 saturated carbocycles. The van der Waals surface area contributed by atoms with Gasteiger partial charge in [0.05, 0.1) is 16.3 Å². The second kappa shape index (κ2) is 7.49. The molecule has 7 heteroatoms. The summed E-state index contributed by atoms with van der Waals surface area (Å²) in [7, 11) is -3.28. The molecule has 6 nitrogen and oxygen atoms in total. The number of anilines is 1. The van der Waals surface area contributed by atoms with Gasteiger partial charge in [0.1, 0.15) is 5.60 Å². The van der Waals surface area contributed by atoms with E-state index in [4.69, 9.17) is 4.74 Å². The SMILES string of the molecule is CCS(=O)(=O)c1ccccc1NCCNC(=O)OC(C)(C)C. The Morgan fingerprint density at radius 3 is 2.41 bits per heavy atom. The van der Waals surface area contributed by atoms with Crippen LogP contribution in [0, 0.1) is 0 Å². The first-order valence-electron chi connectivity index (χ1n) is 7.18. The molecule has 0 aliphatic rings. The van der Waals surface area contributed by atoms with Crippen LogP contribution in [0.2, 0.25) is 0 Å². The lowest BCUT2D eigenvalue weighted by Gasteiger charge is -2.19. The number of amides is 1. The van der Waals surface area contributed by atoms with Crippen molar-refractivity contribution in [2.24, 2.45) is 0 Å². The molecule has 1 aromatic carbocycles. The molecule has 0 heterocycles. The second-order valence-electron chi connectivity index (χ2n) is 5.76. The number of para-hydroxylation sites is 1. The molecule has 22 heavy (non-hydrogen) atoms. The number of ether oxygens (including phenoxy) is 1. The van der Waals surface area contributed by atoms with Gasteiger partial charge in [-0.05, 0) is 32.9 Å². The third-order valence-corrected chi connectivity index (χ3v) is 4.50. The van der Waals surface area contributed by atoms with Crippen molar-refractivity contribution in [2.45, 2.75) is 38.2 Å². The molecule has 1 rings (SSSR count). The van der Waals surface area contributed by atoms with Crippen LogP contribution in [0.25, 0.3) is 0 Å². The molecule has 0 spiro atoms. The summed E-state index contributed by atoms with van der Waals surface area (Å²) in [5.41, 5.74) is -0.00499. The lowest BCUT2D eigenvalue weighted by molar-refractivity contribution is 0.0530. The molecule has 0 aliphatic heterocycles. The highest BCUT2D eigenvalue weighted by molar-refractivity contribution is 7.91. The Bertz CT molecular complexity index is 606. The number of hydrogen-bond acceptors (Lipinski definition) is 5. The first-order valence-corrected chi connectivity index (χ1v) is 8.83. The Morgan fingerprint density at radius 1 is 1.18 bits per heavy atom. The van der Waals surface area contributed by atoms with E-state index in [1.165, 1.54) is 0 Å². The van der Waals surface area contributed by atoms with Gasteiger partial charge in [-0.25, -0.2) is 13.2 Å². The summed E-state index contributed by atoms with van der Waals surface area (Å²) >= 11 is 0. The van der Waals surface area contributed by atoms with E-state index in [1.807, 2.05) is 0 Å². The van der Waals surface area contributed by atoms with Gasteiger partial charge in [0, 0.05) is 13.1 Å².